The summed E-state index contributed by atoms with van der Waals surface area (Å²) >= 11 is 0. The van der Waals surface area contributed by atoms with E-state index in [1.807, 2.05) is 38.1 Å². The van der Waals surface area contributed by atoms with Crippen LogP contribution >= 0.6 is 0 Å². The molecule has 28 heavy (non-hydrogen) atoms. The minimum absolute atomic E-state index is 0.0634. The second-order valence-electron chi connectivity index (χ2n) is 7.41. The molecule has 1 unspecified atom stereocenters. The maximum atomic E-state index is 12.6. The zero-order valence-electron chi connectivity index (χ0n) is 16.5. The van der Waals surface area contributed by atoms with Crippen LogP contribution < -0.4 is 5.32 Å². The zero-order chi connectivity index (χ0) is 20.5. The summed E-state index contributed by atoms with van der Waals surface area (Å²) in [5.74, 6) is -1.17. The fourth-order valence-electron chi connectivity index (χ4n) is 3.16. The van der Waals surface area contributed by atoms with E-state index in [2.05, 4.69) is 22.3 Å². The Morgan fingerprint density at radius 2 is 1.86 bits per heavy atom. The Hall–Kier alpha value is -2.85. The quantitative estimate of drug-likeness (QED) is 0.524. The van der Waals surface area contributed by atoms with Gasteiger partial charge in [0, 0.05) is 38.9 Å². The molecule has 2 N–H and O–H groups in total. The summed E-state index contributed by atoms with van der Waals surface area (Å²) in [4.78, 5) is 27.9. The number of hydrogen-bond acceptors (Lipinski definition) is 5. The zero-order valence-corrected chi connectivity index (χ0v) is 16.5. The Morgan fingerprint density at radius 3 is 2.39 bits per heavy atom. The normalized spacial score (nSPS) is 16.5. The highest BCUT2D eigenvalue weighted by Gasteiger charge is 2.24. The predicted molar refractivity (Wildman–Crippen MR) is 106 cm³/mol. The lowest BCUT2D eigenvalue weighted by molar-refractivity contribution is -0.139. The van der Waals surface area contributed by atoms with Gasteiger partial charge in [-0.05, 0) is 17.9 Å². The van der Waals surface area contributed by atoms with Crippen LogP contribution in [0.25, 0.3) is 0 Å². The molecule has 0 spiro atoms. The van der Waals surface area contributed by atoms with Crippen LogP contribution in [0, 0.1) is 17.2 Å². The molecular formula is C21H28N4O3. The molecule has 1 fully saturated rings. The van der Waals surface area contributed by atoms with Crippen molar-refractivity contribution in [2.45, 2.75) is 32.9 Å². The number of carbonyl (C=O) groups excluding carboxylic acids is 1. The Labute approximate surface area is 166 Å². The summed E-state index contributed by atoms with van der Waals surface area (Å²) < 4.78 is 0. The Morgan fingerprint density at radius 1 is 1.21 bits per heavy atom. The smallest absolute Gasteiger partial charge is 0.326 e. The van der Waals surface area contributed by atoms with Crippen LogP contribution in [0.1, 0.15) is 25.8 Å². The molecule has 7 heteroatoms. The van der Waals surface area contributed by atoms with E-state index in [1.165, 1.54) is 11.8 Å². The van der Waals surface area contributed by atoms with Gasteiger partial charge in [0.15, 0.2) is 0 Å². The van der Waals surface area contributed by atoms with E-state index in [1.54, 1.807) is 4.90 Å². The summed E-state index contributed by atoms with van der Waals surface area (Å²) in [6.45, 7) is 7.23. The number of piperazine rings is 1. The van der Waals surface area contributed by atoms with E-state index in [0.717, 1.165) is 19.6 Å². The van der Waals surface area contributed by atoms with Crippen molar-refractivity contribution < 1.29 is 14.7 Å². The summed E-state index contributed by atoms with van der Waals surface area (Å²) in [5.41, 5.74) is 1.17. The van der Waals surface area contributed by atoms with Crippen LogP contribution in [-0.2, 0) is 16.1 Å². The number of rotatable bonds is 8. The molecule has 7 nitrogen and oxygen atoms in total. The number of nitrogens with zero attached hydrogens (tertiary/aromatic N) is 3. The van der Waals surface area contributed by atoms with Crippen LogP contribution in [-0.4, -0.2) is 59.0 Å². The number of carbonyl (C=O) groups is 2. The van der Waals surface area contributed by atoms with E-state index in [-0.39, 0.29) is 17.4 Å². The second kappa shape index (κ2) is 10.5. The Kier molecular flexibility index (Phi) is 8.02. The van der Waals surface area contributed by atoms with Crippen LogP contribution in [0.15, 0.2) is 42.1 Å². The average Bonchev–Trinajstić information content (AvgIpc) is 2.68. The minimum atomic E-state index is -0.996. The first-order valence-corrected chi connectivity index (χ1v) is 9.55. The predicted octanol–water partition coefficient (Wildman–Crippen LogP) is 1.83. The lowest BCUT2D eigenvalue weighted by Crippen LogP contribution is -2.48. The highest BCUT2D eigenvalue weighted by atomic mass is 16.4. The number of nitriles is 1. The molecule has 0 aliphatic carbocycles. The Balaban J connectivity index is 1.91. The molecule has 0 aromatic heterocycles. The van der Waals surface area contributed by atoms with Gasteiger partial charge in [-0.1, -0.05) is 44.2 Å². The number of aliphatic carboxylic acids is 1. The molecular weight excluding hydrogens is 356 g/mol. The topological polar surface area (TPSA) is 96.7 Å². The van der Waals surface area contributed by atoms with Gasteiger partial charge < -0.3 is 15.3 Å². The lowest BCUT2D eigenvalue weighted by atomic mass is 10.0. The third-order valence-electron chi connectivity index (χ3n) is 4.69. The van der Waals surface area contributed by atoms with Crippen molar-refractivity contribution in [1.29, 1.82) is 5.26 Å². The van der Waals surface area contributed by atoms with Gasteiger partial charge in [0.1, 0.15) is 17.7 Å². The molecule has 1 aromatic carbocycles. The fourth-order valence-corrected chi connectivity index (χ4v) is 3.16. The van der Waals surface area contributed by atoms with Crippen molar-refractivity contribution in [2.24, 2.45) is 5.92 Å². The lowest BCUT2D eigenvalue weighted by Gasteiger charge is -2.34. The van der Waals surface area contributed by atoms with Gasteiger partial charge in [-0.15, -0.1) is 0 Å². The molecule has 1 saturated heterocycles. The third kappa shape index (κ3) is 6.39. The van der Waals surface area contributed by atoms with Gasteiger partial charge >= 0.3 is 5.97 Å². The van der Waals surface area contributed by atoms with Gasteiger partial charge in [0.25, 0.3) is 5.91 Å². The molecule has 0 radical (unpaired) electrons. The maximum Gasteiger partial charge on any atom is 0.326 e. The van der Waals surface area contributed by atoms with E-state index in [0.29, 0.717) is 19.5 Å². The minimum Gasteiger partial charge on any atom is -0.480 e. The van der Waals surface area contributed by atoms with Crippen LogP contribution in [0.3, 0.4) is 0 Å². The van der Waals surface area contributed by atoms with E-state index in [4.69, 9.17) is 0 Å². The number of amides is 1. The van der Waals surface area contributed by atoms with Crippen LogP contribution in [0.5, 0.6) is 0 Å². The number of hydrogen-bond donors (Lipinski definition) is 2. The molecule has 1 aliphatic rings. The summed E-state index contributed by atoms with van der Waals surface area (Å²) in [6, 6.07) is 11.2. The molecule has 150 valence electrons. The first-order chi connectivity index (χ1) is 13.4. The standard InChI is InChI=1S/C21H28N4O3/c1-16(2)12-19(21(27)28)23-14-18(13-22)20(26)25-10-8-24(9-11-25)15-17-6-4-3-5-7-17/h3-7,14,16,19,23H,8-12,15H2,1-2H3,(H,27,28)/b18-14-. The van der Waals surface area contributed by atoms with Crippen LogP contribution in [0.2, 0.25) is 0 Å². The summed E-state index contributed by atoms with van der Waals surface area (Å²) in [7, 11) is 0. The van der Waals surface area contributed by atoms with E-state index >= 15 is 0 Å². The maximum absolute atomic E-state index is 12.6. The Bertz CT molecular complexity index is 732. The van der Waals surface area contributed by atoms with Gasteiger partial charge in [0.05, 0.1) is 0 Å². The molecule has 1 atom stereocenters. The van der Waals surface area contributed by atoms with E-state index < -0.39 is 12.0 Å². The molecule has 0 bridgehead atoms. The van der Waals surface area contributed by atoms with Gasteiger partial charge in [-0.3, -0.25) is 9.69 Å². The first-order valence-electron chi connectivity index (χ1n) is 9.55. The van der Waals surface area contributed by atoms with Gasteiger partial charge in [-0.2, -0.15) is 5.26 Å². The van der Waals surface area contributed by atoms with Gasteiger partial charge in [-0.25, -0.2) is 4.79 Å². The molecule has 1 aromatic rings. The summed E-state index contributed by atoms with van der Waals surface area (Å²) in [6.07, 6.45) is 1.66. The third-order valence-corrected chi connectivity index (χ3v) is 4.69. The second-order valence-corrected chi connectivity index (χ2v) is 7.41. The largest absolute Gasteiger partial charge is 0.480 e. The number of carboxylic acids is 1. The monoisotopic (exact) mass is 384 g/mol. The van der Waals surface area contributed by atoms with E-state index in [9.17, 15) is 20.0 Å². The van der Waals surface area contributed by atoms with Crippen molar-refractivity contribution >= 4 is 11.9 Å². The molecule has 1 aliphatic heterocycles. The van der Waals surface area contributed by atoms with Crippen molar-refractivity contribution in [3.8, 4) is 6.07 Å². The SMILES string of the molecule is CC(C)CC(N/C=C(/C#N)C(=O)N1CCN(Cc2ccccc2)CC1)C(=O)O. The molecule has 1 heterocycles. The van der Waals surface area contributed by atoms with Crippen molar-refractivity contribution in [2.75, 3.05) is 26.2 Å². The van der Waals surface area contributed by atoms with Crippen LogP contribution in [0.4, 0.5) is 0 Å². The number of carboxylic acid groups (broad SMARTS) is 1. The molecule has 0 saturated carbocycles. The van der Waals surface area contributed by atoms with Crippen molar-refractivity contribution in [1.82, 2.24) is 15.1 Å². The molecule has 1 amide bonds. The number of benzene rings is 1. The fraction of sp³-hybridized carbons (Fsp3) is 0.476. The highest BCUT2D eigenvalue weighted by molar-refractivity contribution is 5.97. The highest BCUT2D eigenvalue weighted by Crippen LogP contribution is 2.11. The first kappa shape index (κ1) is 21.5. The van der Waals surface area contributed by atoms with Crippen molar-refractivity contribution in [3.63, 3.8) is 0 Å². The van der Waals surface area contributed by atoms with Gasteiger partial charge in [0.2, 0.25) is 0 Å². The van der Waals surface area contributed by atoms with Crippen molar-refractivity contribution in [3.05, 3.63) is 47.7 Å². The average molecular weight is 384 g/mol. The number of nitrogens with one attached hydrogen (secondary N) is 1. The molecule has 2 rings (SSSR count). The summed E-state index contributed by atoms with van der Waals surface area (Å²) in [5, 5.41) is 21.3.